The lowest BCUT2D eigenvalue weighted by molar-refractivity contribution is -0.849. The summed E-state index contributed by atoms with van der Waals surface area (Å²) in [7, 11) is 8.50. The van der Waals surface area contributed by atoms with Crippen LogP contribution in [0.25, 0.3) is 0 Å². The number of nitrogens with zero attached hydrogens (tertiary/aromatic N) is 1. The van der Waals surface area contributed by atoms with Crippen LogP contribution in [0.1, 0.15) is 5.56 Å². The fraction of sp³-hybridized carbons (Fsp3) is 0.455. The summed E-state index contributed by atoms with van der Waals surface area (Å²) in [6.45, 7) is 1.91. The van der Waals surface area contributed by atoms with Gasteiger partial charge in [-0.1, -0.05) is 17.7 Å². The summed E-state index contributed by atoms with van der Waals surface area (Å²) in [6.07, 6.45) is 0. The predicted molar refractivity (Wildman–Crippen MR) is 62.3 cm³/mol. The molecule has 0 radical (unpaired) electrons. The van der Waals surface area contributed by atoms with E-state index < -0.39 is 11.1 Å². The predicted octanol–water partition coefficient (Wildman–Crippen LogP) is 1.56. The summed E-state index contributed by atoms with van der Waals surface area (Å²) < 4.78 is 21.6. The normalized spacial score (nSPS) is 12.7. The minimum atomic E-state index is -2.09. The third-order valence-corrected chi connectivity index (χ3v) is 1.87. The van der Waals surface area contributed by atoms with Gasteiger partial charge in [-0.15, -0.1) is 0 Å². The van der Waals surface area contributed by atoms with Gasteiger partial charge in [0.25, 0.3) is 0 Å². The molecule has 1 aromatic rings. The number of rotatable bonds is 1. The first-order valence-electron chi connectivity index (χ1n) is 4.65. The Bertz CT molecular complexity index is 308. The van der Waals surface area contributed by atoms with Crippen LogP contribution in [0.2, 0.25) is 0 Å². The lowest BCUT2D eigenvalue weighted by atomic mass is 10.2. The van der Waals surface area contributed by atoms with Crippen molar-refractivity contribution in [3.05, 3.63) is 29.8 Å². The van der Waals surface area contributed by atoms with Crippen molar-refractivity contribution in [2.45, 2.75) is 11.8 Å². The van der Waals surface area contributed by atoms with Crippen LogP contribution < -0.4 is 0 Å². The van der Waals surface area contributed by atoms with Gasteiger partial charge in [0.1, 0.15) is 0 Å². The van der Waals surface area contributed by atoms with Gasteiger partial charge >= 0.3 is 0 Å². The maximum Gasteiger partial charge on any atom is 0.0675 e. The molecule has 0 amide bonds. The standard InChI is InChI=1S/C7H8O2S.C4H12N/c1-6-2-4-7(5-3-6)10(8)9;1-5(2,3)4/h2-5H,1H3,(H,8,9);1-4H3/q;+1/p-1. The van der Waals surface area contributed by atoms with Crippen molar-refractivity contribution in [1.29, 1.82) is 0 Å². The Kier molecular flexibility index (Phi) is 5.72. The molecule has 1 rings (SSSR count). The van der Waals surface area contributed by atoms with E-state index in [1.165, 1.54) is 0 Å². The summed E-state index contributed by atoms with van der Waals surface area (Å²) in [4.78, 5) is 0.339. The molecule has 0 N–H and O–H groups in total. The van der Waals surface area contributed by atoms with Crippen LogP contribution in [-0.4, -0.2) is 41.4 Å². The van der Waals surface area contributed by atoms with Gasteiger partial charge in [0.2, 0.25) is 0 Å². The van der Waals surface area contributed by atoms with E-state index in [9.17, 15) is 8.76 Å². The maximum atomic E-state index is 10.3. The molecular weight excluding hydrogens is 210 g/mol. The summed E-state index contributed by atoms with van der Waals surface area (Å²) in [6, 6.07) is 6.70. The smallest absolute Gasteiger partial charge is 0.0675 e. The van der Waals surface area contributed by atoms with Gasteiger partial charge in [0.05, 0.1) is 28.2 Å². The van der Waals surface area contributed by atoms with Crippen molar-refractivity contribution in [3.63, 3.8) is 0 Å². The first kappa shape index (κ1) is 14.3. The molecule has 15 heavy (non-hydrogen) atoms. The molecule has 86 valence electrons. The second kappa shape index (κ2) is 6.00. The average molecular weight is 229 g/mol. The van der Waals surface area contributed by atoms with Crippen LogP contribution >= 0.6 is 0 Å². The molecule has 1 unspecified atom stereocenters. The summed E-state index contributed by atoms with van der Waals surface area (Å²) >= 11 is -2.09. The monoisotopic (exact) mass is 229 g/mol. The van der Waals surface area contributed by atoms with Crippen LogP contribution in [-0.2, 0) is 11.1 Å². The molecule has 3 nitrogen and oxygen atoms in total. The molecule has 0 fully saturated rings. The van der Waals surface area contributed by atoms with Crippen LogP contribution in [0.15, 0.2) is 29.2 Å². The fourth-order valence-electron chi connectivity index (χ4n) is 0.649. The van der Waals surface area contributed by atoms with E-state index in [2.05, 4.69) is 28.2 Å². The van der Waals surface area contributed by atoms with E-state index in [1.807, 2.05) is 6.92 Å². The summed E-state index contributed by atoms with van der Waals surface area (Å²) in [5.41, 5.74) is 1.06. The van der Waals surface area contributed by atoms with E-state index >= 15 is 0 Å². The number of hydrogen-bond acceptors (Lipinski definition) is 2. The fourth-order valence-corrected chi connectivity index (χ4v) is 1.01. The second-order valence-electron chi connectivity index (χ2n) is 4.73. The Morgan fingerprint density at radius 2 is 1.40 bits per heavy atom. The van der Waals surface area contributed by atoms with Crippen molar-refractivity contribution in [3.8, 4) is 0 Å². The molecule has 1 aromatic carbocycles. The minimum Gasteiger partial charge on any atom is -0.768 e. The molecule has 0 heterocycles. The first-order chi connectivity index (χ1) is 6.70. The van der Waals surface area contributed by atoms with Crippen molar-refractivity contribution in [2.24, 2.45) is 0 Å². The Labute approximate surface area is 94.6 Å². The highest BCUT2D eigenvalue weighted by atomic mass is 32.2. The minimum absolute atomic E-state index is 0.339. The second-order valence-corrected chi connectivity index (χ2v) is 5.67. The van der Waals surface area contributed by atoms with E-state index in [-0.39, 0.29) is 0 Å². The highest BCUT2D eigenvalue weighted by Gasteiger charge is 1.89. The molecular formula is C11H19NO2S. The molecule has 0 saturated carbocycles. The summed E-state index contributed by atoms with van der Waals surface area (Å²) in [5, 5.41) is 0. The average Bonchev–Trinajstić information content (AvgIpc) is 2.01. The van der Waals surface area contributed by atoms with Crippen LogP contribution in [0.3, 0.4) is 0 Å². The van der Waals surface area contributed by atoms with E-state index in [4.69, 9.17) is 0 Å². The topological polar surface area (TPSA) is 40.1 Å². The third kappa shape index (κ3) is 9.59. The van der Waals surface area contributed by atoms with E-state index in [0.29, 0.717) is 4.90 Å². The first-order valence-corrected chi connectivity index (χ1v) is 5.72. The highest BCUT2D eigenvalue weighted by Crippen LogP contribution is 2.05. The van der Waals surface area contributed by atoms with Crippen molar-refractivity contribution < 1.29 is 13.2 Å². The maximum absolute atomic E-state index is 10.3. The van der Waals surface area contributed by atoms with Gasteiger partial charge in [-0.2, -0.15) is 0 Å². The Morgan fingerprint density at radius 1 is 1.07 bits per heavy atom. The molecule has 0 spiro atoms. The lowest BCUT2D eigenvalue weighted by Gasteiger charge is -2.14. The molecule has 1 atom stereocenters. The molecule has 0 aliphatic heterocycles. The van der Waals surface area contributed by atoms with E-state index in [1.54, 1.807) is 24.3 Å². The zero-order valence-electron chi connectivity index (χ0n) is 9.98. The molecule has 0 aliphatic carbocycles. The van der Waals surface area contributed by atoms with Gasteiger partial charge in [-0.05, 0) is 30.1 Å². The zero-order chi connectivity index (χ0) is 12.1. The summed E-state index contributed by atoms with van der Waals surface area (Å²) in [5.74, 6) is 0. The van der Waals surface area contributed by atoms with Crippen molar-refractivity contribution in [1.82, 2.24) is 0 Å². The van der Waals surface area contributed by atoms with Gasteiger partial charge in [-0.3, -0.25) is 4.21 Å². The Hall–Kier alpha value is -0.710. The zero-order valence-corrected chi connectivity index (χ0v) is 10.8. The molecule has 0 aromatic heterocycles. The van der Waals surface area contributed by atoms with Crippen LogP contribution in [0.4, 0.5) is 0 Å². The number of hydrogen-bond donors (Lipinski definition) is 0. The SMILES string of the molecule is C[N+](C)(C)C.Cc1ccc(S(=O)[O-])cc1. The van der Waals surface area contributed by atoms with Crippen LogP contribution in [0.5, 0.6) is 0 Å². The highest BCUT2D eigenvalue weighted by molar-refractivity contribution is 7.79. The van der Waals surface area contributed by atoms with Gasteiger partial charge in [0, 0.05) is 4.90 Å². The van der Waals surface area contributed by atoms with E-state index in [0.717, 1.165) is 10.0 Å². The van der Waals surface area contributed by atoms with Crippen molar-refractivity contribution >= 4 is 11.1 Å². The lowest BCUT2D eigenvalue weighted by Crippen LogP contribution is -2.27. The van der Waals surface area contributed by atoms with Gasteiger partial charge in [0.15, 0.2) is 0 Å². The molecule has 4 heteroatoms. The van der Waals surface area contributed by atoms with Crippen molar-refractivity contribution in [2.75, 3.05) is 28.2 Å². The Balaban J connectivity index is 0.000000336. The third-order valence-electron chi connectivity index (χ3n) is 1.21. The molecule has 0 bridgehead atoms. The van der Waals surface area contributed by atoms with Gasteiger partial charge < -0.3 is 9.04 Å². The molecule has 0 aliphatic rings. The van der Waals surface area contributed by atoms with Gasteiger partial charge in [-0.25, -0.2) is 0 Å². The number of quaternary nitrogens is 1. The number of benzene rings is 1. The largest absolute Gasteiger partial charge is 0.768 e. The quantitative estimate of drug-likeness (QED) is 0.541. The number of aryl methyl sites for hydroxylation is 1. The van der Waals surface area contributed by atoms with Crippen LogP contribution in [0, 0.1) is 6.92 Å². The molecule has 0 saturated heterocycles. The Morgan fingerprint density at radius 3 is 1.67 bits per heavy atom.